The molecule has 3 aliphatic heterocycles. The molecule has 6 rings (SSSR count). The molecule has 0 aliphatic carbocycles. The first-order chi connectivity index (χ1) is 19.8. The Morgan fingerprint density at radius 1 is 1.37 bits per heavy atom. The first kappa shape index (κ1) is 26.9. The summed E-state index contributed by atoms with van der Waals surface area (Å²) in [6.45, 7) is 1.14. The van der Waals surface area contributed by atoms with Crippen LogP contribution in [0, 0.1) is 0 Å². The van der Waals surface area contributed by atoms with E-state index in [1.54, 1.807) is 29.1 Å². The molecule has 3 aromatic rings. The van der Waals surface area contributed by atoms with Crippen LogP contribution < -0.4 is 21.4 Å². The highest BCUT2D eigenvalue weighted by molar-refractivity contribution is 8.00. The maximum absolute atomic E-state index is 13.3. The number of fused-ring (bicyclic) bond motifs is 2. The smallest absolute Gasteiger partial charge is 0.352 e. The van der Waals surface area contributed by atoms with Gasteiger partial charge in [0.15, 0.2) is 17.4 Å². The lowest BCUT2D eigenvalue weighted by molar-refractivity contribution is -0.662. The molecule has 2 amide bonds. The first-order valence-corrected chi connectivity index (χ1v) is 14.4. The second-order valence-electron chi connectivity index (χ2n) is 9.43. The lowest BCUT2D eigenvalue weighted by Crippen LogP contribution is -2.71. The van der Waals surface area contributed by atoms with E-state index >= 15 is 0 Å². The van der Waals surface area contributed by atoms with Gasteiger partial charge < -0.3 is 31.5 Å². The van der Waals surface area contributed by atoms with E-state index in [0.29, 0.717) is 42.4 Å². The number of amides is 2. The molecule has 41 heavy (non-hydrogen) atoms. The zero-order valence-electron chi connectivity index (χ0n) is 21.4. The number of β-lactam (4-membered cyclic amide) rings is 1. The van der Waals surface area contributed by atoms with Crippen LogP contribution in [0.5, 0.6) is 0 Å². The van der Waals surface area contributed by atoms with E-state index in [2.05, 4.69) is 24.9 Å². The van der Waals surface area contributed by atoms with E-state index in [4.69, 9.17) is 21.0 Å². The van der Waals surface area contributed by atoms with Gasteiger partial charge >= 0.3 is 11.6 Å². The molecule has 2 saturated heterocycles. The fourth-order valence-electron chi connectivity index (χ4n) is 4.84. The Balaban J connectivity index is 1.21. The van der Waals surface area contributed by atoms with Crippen molar-refractivity contribution in [3.63, 3.8) is 0 Å². The van der Waals surface area contributed by atoms with Gasteiger partial charge in [-0.1, -0.05) is 14.8 Å². The molecule has 18 heteroatoms. The summed E-state index contributed by atoms with van der Waals surface area (Å²) in [6.07, 6.45) is 4.40. The number of aromatic nitrogens is 5. The largest absolute Gasteiger partial charge is 0.477 e. The van der Waals surface area contributed by atoms with Crippen molar-refractivity contribution in [2.75, 3.05) is 30.4 Å². The van der Waals surface area contributed by atoms with Gasteiger partial charge in [0.1, 0.15) is 23.7 Å². The van der Waals surface area contributed by atoms with Crippen molar-refractivity contribution in [3.05, 3.63) is 41.6 Å². The third-order valence-electron chi connectivity index (χ3n) is 6.74. The Hall–Kier alpha value is -4.29. The quantitative estimate of drug-likeness (QED) is 0.106. The zero-order chi connectivity index (χ0) is 28.7. The van der Waals surface area contributed by atoms with E-state index in [9.17, 15) is 19.5 Å². The van der Waals surface area contributed by atoms with Crippen molar-refractivity contribution in [1.29, 1.82) is 0 Å². The number of thioether (sulfide) groups is 1. The van der Waals surface area contributed by atoms with Crippen LogP contribution in [0.3, 0.4) is 0 Å². The number of hydrogen-bond donors (Lipinski definition) is 4. The van der Waals surface area contributed by atoms with E-state index in [1.807, 2.05) is 0 Å². The highest BCUT2D eigenvalue weighted by Gasteiger charge is 2.54. The SMILES string of the molecule is Nc1nc(/C(=N/OC2CCCOC2)C(=O)N[C@@H]2C(=O)N3C(C(=O)O)=C(C[n+]4cc(N)n5ncccc54)CS[C@H]23)ns1. The van der Waals surface area contributed by atoms with Crippen molar-refractivity contribution >= 4 is 63.4 Å². The second kappa shape index (κ2) is 10.9. The average Bonchev–Trinajstić information content (AvgIpc) is 3.54. The number of nitrogens with zero attached hydrogens (tertiary/aromatic N) is 7. The molecule has 0 saturated carbocycles. The van der Waals surface area contributed by atoms with Crippen LogP contribution in [0.25, 0.3) is 5.65 Å². The number of ether oxygens (including phenoxy) is 1. The molecule has 2 fully saturated rings. The highest BCUT2D eigenvalue weighted by atomic mass is 32.2. The Morgan fingerprint density at radius 3 is 2.95 bits per heavy atom. The predicted octanol–water partition coefficient (Wildman–Crippen LogP) is -1.02. The number of carboxylic acid groups (broad SMARTS) is 1. The van der Waals surface area contributed by atoms with Crippen LogP contribution in [-0.2, 0) is 30.5 Å². The van der Waals surface area contributed by atoms with Gasteiger partial charge in [0.25, 0.3) is 17.6 Å². The molecule has 0 radical (unpaired) electrons. The van der Waals surface area contributed by atoms with Crippen LogP contribution in [0.15, 0.2) is 41.0 Å². The van der Waals surface area contributed by atoms with Gasteiger partial charge in [0.2, 0.25) is 11.5 Å². The van der Waals surface area contributed by atoms with Gasteiger partial charge in [-0.2, -0.15) is 9.36 Å². The summed E-state index contributed by atoms with van der Waals surface area (Å²) in [6, 6.07) is 2.56. The number of carbonyl (C=O) groups is 3. The summed E-state index contributed by atoms with van der Waals surface area (Å²) in [5.41, 5.74) is 12.6. The van der Waals surface area contributed by atoms with E-state index in [0.717, 1.165) is 18.0 Å². The van der Waals surface area contributed by atoms with Crippen molar-refractivity contribution in [3.8, 4) is 0 Å². The number of imidazole rings is 1. The van der Waals surface area contributed by atoms with E-state index in [-0.39, 0.29) is 35.0 Å². The van der Waals surface area contributed by atoms with Crippen LogP contribution >= 0.6 is 23.3 Å². The molecular weight excluding hydrogens is 576 g/mol. The Labute approximate surface area is 240 Å². The number of nitrogen functional groups attached to an aromatic ring is 2. The zero-order valence-corrected chi connectivity index (χ0v) is 23.0. The maximum Gasteiger partial charge on any atom is 0.352 e. The predicted molar refractivity (Wildman–Crippen MR) is 145 cm³/mol. The Kier molecular flexibility index (Phi) is 7.18. The number of nitrogens with one attached hydrogen (secondary N) is 1. The third kappa shape index (κ3) is 5.04. The van der Waals surface area contributed by atoms with Crippen molar-refractivity contribution < 1.29 is 33.6 Å². The van der Waals surface area contributed by atoms with Crippen LogP contribution in [0.1, 0.15) is 18.7 Å². The van der Waals surface area contributed by atoms with Gasteiger partial charge in [-0.3, -0.25) is 14.5 Å². The number of aliphatic carboxylic acids is 1. The van der Waals surface area contributed by atoms with Gasteiger partial charge in [-0.25, -0.2) is 9.36 Å². The molecule has 3 aliphatic rings. The van der Waals surface area contributed by atoms with E-state index < -0.39 is 29.2 Å². The third-order valence-corrected chi connectivity index (χ3v) is 8.62. The topological polar surface area (TPSA) is 217 Å². The monoisotopic (exact) mass is 601 g/mol. The summed E-state index contributed by atoms with van der Waals surface area (Å²) in [7, 11) is 0. The number of rotatable bonds is 8. The highest BCUT2D eigenvalue weighted by Crippen LogP contribution is 2.40. The first-order valence-electron chi connectivity index (χ1n) is 12.6. The number of carboxylic acids is 1. The minimum absolute atomic E-state index is 0.0411. The molecule has 3 atom stereocenters. The lowest BCUT2D eigenvalue weighted by atomic mass is 10.0. The molecule has 3 aromatic heterocycles. The molecular formula is C23H25N10O6S2+. The van der Waals surface area contributed by atoms with Crippen LogP contribution in [0.4, 0.5) is 10.9 Å². The van der Waals surface area contributed by atoms with Gasteiger partial charge in [0.05, 0.1) is 12.8 Å². The van der Waals surface area contributed by atoms with Crippen molar-refractivity contribution in [2.45, 2.75) is 36.9 Å². The summed E-state index contributed by atoms with van der Waals surface area (Å²) < 4.78 is 12.8. The van der Waals surface area contributed by atoms with Crippen LogP contribution in [-0.4, -0.2) is 89.0 Å². The number of carbonyl (C=O) groups excluding carboxylic acids is 2. The fraction of sp³-hybridized carbons (Fsp3) is 0.391. The number of anilines is 2. The molecule has 6 heterocycles. The number of hydrogen-bond acceptors (Lipinski definition) is 13. The molecule has 0 bridgehead atoms. The normalized spacial score (nSPS) is 22.8. The van der Waals surface area contributed by atoms with Crippen molar-refractivity contribution in [1.82, 2.24) is 29.2 Å². The summed E-state index contributed by atoms with van der Waals surface area (Å²) >= 11 is 2.23. The number of nitrogens with two attached hydrogens (primary N) is 2. The van der Waals surface area contributed by atoms with Gasteiger partial charge in [-0.15, -0.1) is 11.8 Å². The maximum atomic E-state index is 13.3. The fourth-order valence-corrected chi connectivity index (χ4v) is 6.61. The van der Waals surface area contributed by atoms with Gasteiger partial charge in [-0.05, 0) is 18.9 Å². The molecule has 1 unspecified atom stereocenters. The molecule has 0 aromatic carbocycles. The second-order valence-corrected chi connectivity index (χ2v) is 11.3. The minimum Gasteiger partial charge on any atom is -0.477 e. The molecule has 6 N–H and O–H groups in total. The minimum atomic E-state index is -1.24. The molecule has 214 valence electrons. The average molecular weight is 602 g/mol. The standard InChI is InChI=1S/C23H24N10O6S2/c24-13-8-31(14-4-1-5-26-33(13)14)7-11-10-40-21-16(20(35)32(21)17(11)22(36)37)27-19(34)15(18-28-23(25)41-30-18)29-39-12-3-2-6-38-9-12/h1,4-5,8,12,16,21H,2-3,6-7,9-10H2,(H5-,24,25,26,27,28,30,34,36,37)/p+1/b29-15-/t12?,16-,21-/m1/s1. The summed E-state index contributed by atoms with van der Waals surface area (Å²) in [5, 5.41) is 20.4. The Morgan fingerprint density at radius 2 is 2.22 bits per heavy atom. The van der Waals surface area contributed by atoms with E-state index in [1.165, 1.54) is 21.2 Å². The lowest BCUT2D eigenvalue weighted by Gasteiger charge is -2.49. The summed E-state index contributed by atoms with van der Waals surface area (Å²) in [4.78, 5) is 49.7. The van der Waals surface area contributed by atoms with Gasteiger partial charge in [0, 0.05) is 35.5 Å². The van der Waals surface area contributed by atoms with Crippen molar-refractivity contribution in [2.24, 2.45) is 5.16 Å². The Bertz CT molecular complexity index is 1600. The molecule has 0 spiro atoms. The molecule has 16 nitrogen and oxygen atoms in total. The number of oxime groups is 1. The summed E-state index contributed by atoms with van der Waals surface area (Å²) in [5.74, 6) is -1.90. The van der Waals surface area contributed by atoms with Crippen LogP contribution in [0.2, 0.25) is 0 Å².